The number of piperazine rings is 1. The maximum Gasteiger partial charge on any atom is 0.364 e. The van der Waals surface area contributed by atoms with E-state index in [1.54, 1.807) is 0 Å². The van der Waals surface area contributed by atoms with Gasteiger partial charge in [-0.3, -0.25) is 4.90 Å². The molecule has 102 valence electrons. The third-order valence-corrected chi connectivity index (χ3v) is 3.71. The Hall–Kier alpha value is -1.41. The van der Waals surface area contributed by atoms with Gasteiger partial charge < -0.3 is 4.90 Å². The molecule has 0 unspecified atom stereocenters. The van der Waals surface area contributed by atoms with Crippen molar-refractivity contribution < 1.29 is 0 Å². The van der Waals surface area contributed by atoms with Crippen molar-refractivity contribution in [1.29, 1.82) is 0 Å². The number of aromatic amines is 1. The van der Waals surface area contributed by atoms with Gasteiger partial charge in [0.15, 0.2) is 5.65 Å². The van der Waals surface area contributed by atoms with Crippen LogP contribution in [0.5, 0.6) is 0 Å². The summed E-state index contributed by atoms with van der Waals surface area (Å²) >= 11 is 3.46. The van der Waals surface area contributed by atoms with E-state index in [0.717, 1.165) is 43.9 Å². The third kappa shape index (κ3) is 2.50. The second-order valence-corrected chi connectivity index (χ2v) is 5.30. The molecule has 3 rings (SSSR count). The quantitative estimate of drug-likeness (QED) is 0.800. The number of anilines is 1. The molecule has 2 aromatic heterocycles. The molecule has 1 aliphatic heterocycles. The molecule has 1 aliphatic rings. The van der Waals surface area contributed by atoms with Crippen LogP contribution in [0.1, 0.15) is 0 Å². The average molecular weight is 327 g/mol. The van der Waals surface area contributed by atoms with Crippen LogP contribution in [-0.2, 0) is 0 Å². The summed E-state index contributed by atoms with van der Waals surface area (Å²) in [6.07, 6.45) is 0. The van der Waals surface area contributed by atoms with E-state index in [1.165, 1.54) is 4.52 Å². The average Bonchev–Trinajstić information content (AvgIpc) is 2.81. The predicted molar refractivity (Wildman–Crippen MR) is 76.1 cm³/mol. The van der Waals surface area contributed by atoms with Gasteiger partial charge >= 0.3 is 5.69 Å². The van der Waals surface area contributed by atoms with Crippen LogP contribution in [0.25, 0.3) is 5.65 Å². The second-order valence-electron chi connectivity index (χ2n) is 4.51. The standard InChI is InChI=1S/C11H15BrN6O/c12-3-4-16-5-7-17(8-6-16)10-2-1-9-13-14-11(19)18(9)15-10/h1-2H,3-8H2,(H,14,19). The second kappa shape index (κ2) is 5.30. The van der Waals surface area contributed by atoms with Crippen LogP contribution < -0.4 is 10.6 Å². The molecule has 2 aromatic rings. The lowest BCUT2D eigenvalue weighted by Crippen LogP contribution is -2.47. The number of rotatable bonds is 3. The minimum atomic E-state index is -0.297. The van der Waals surface area contributed by atoms with Crippen molar-refractivity contribution in [1.82, 2.24) is 24.7 Å². The topological polar surface area (TPSA) is 69.5 Å². The van der Waals surface area contributed by atoms with E-state index in [4.69, 9.17) is 0 Å². The molecule has 1 saturated heterocycles. The lowest BCUT2D eigenvalue weighted by molar-refractivity contribution is 0.273. The maximum atomic E-state index is 11.5. The summed E-state index contributed by atoms with van der Waals surface area (Å²) in [5.41, 5.74) is 0.251. The van der Waals surface area contributed by atoms with E-state index < -0.39 is 0 Å². The smallest absolute Gasteiger partial charge is 0.353 e. The Bertz CT molecular complexity index is 615. The normalized spacial score (nSPS) is 17.2. The van der Waals surface area contributed by atoms with Gasteiger partial charge in [0.05, 0.1) is 0 Å². The van der Waals surface area contributed by atoms with Crippen molar-refractivity contribution in [3.05, 3.63) is 22.6 Å². The number of nitrogens with one attached hydrogen (secondary N) is 1. The lowest BCUT2D eigenvalue weighted by Gasteiger charge is -2.34. The molecule has 1 N–H and O–H groups in total. The number of aromatic nitrogens is 4. The van der Waals surface area contributed by atoms with Crippen molar-refractivity contribution in [2.75, 3.05) is 43.0 Å². The van der Waals surface area contributed by atoms with Crippen molar-refractivity contribution >= 4 is 27.4 Å². The molecule has 0 radical (unpaired) electrons. The Balaban J connectivity index is 1.78. The highest BCUT2D eigenvalue weighted by molar-refractivity contribution is 9.09. The highest BCUT2D eigenvalue weighted by Gasteiger charge is 2.18. The molecule has 0 aliphatic carbocycles. The number of H-pyrrole nitrogens is 1. The van der Waals surface area contributed by atoms with Gasteiger partial charge in [0.1, 0.15) is 5.82 Å². The number of hydrogen-bond donors (Lipinski definition) is 1. The van der Waals surface area contributed by atoms with Crippen molar-refractivity contribution in [2.24, 2.45) is 0 Å². The number of alkyl halides is 1. The van der Waals surface area contributed by atoms with E-state index in [2.05, 4.69) is 41.0 Å². The molecule has 1 fully saturated rings. The van der Waals surface area contributed by atoms with Gasteiger partial charge in [-0.15, -0.1) is 5.10 Å². The molecule has 8 heteroatoms. The van der Waals surface area contributed by atoms with E-state index in [9.17, 15) is 4.79 Å². The first-order chi connectivity index (χ1) is 9.28. The largest absolute Gasteiger partial charge is 0.364 e. The summed E-state index contributed by atoms with van der Waals surface area (Å²) in [5, 5.41) is 11.6. The summed E-state index contributed by atoms with van der Waals surface area (Å²) in [5.74, 6) is 0.828. The van der Waals surface area contributed by atoms with Gasteiger partial charge in [-0.05, 0) is 12.1 Å². The highest BCUT2D eigenvalue weighted by Crippen LogP contribution is 2.13. The summed E-state index contributed by atoms with van der Waals surface area (Å²) in [6, 6.07) is 3.72. The maximum absolute atomic E-state index is 11.5. The Morgan fingerprint density at radius 2 is 2.05 bits per heavy atom. The molecule has 0 amide bonds. The first-order valence-corrected chi connectivity index (χ1v) is 7.38. The van der Waals surface area contributed by atoms with Gasteiger partial charge in [-0.1, -0.05) is 15.9 Å². The van der Waals surface area contributed by atoms with E-state index in [0.29, 0.717) is 5.65 Å². The molecule has 7 nitrogen and oxygen atoms in total. The molecule has 0 aromatic carbocycles. The van der Waals surface area contributed by atoms with E-state index in [-0.39, 0.29) is 5.69 Å². The Kier molecular flexibility index (Phi) is 3.52. The summed E-state index contributed by atoms with van der Waals surface area (Å²) in [6.45, 7) is 4.97. The Labute approximate surface area is 118 Å². The predicted octanol–water partition coefficient (Wildman–Crippen LogP) is -0.0655. The van der Waals surface area contributed by atoms with Crippen molar-refractivity contribution in [3.63, 3.8) is 0 Å². The van der Waals surface area contributed by atoms with Crippen LogP contribution in [0.2, 0.25) is 0 Å². The third-order valence-electron chi connectivity index (χ3n) is 3.36. The monoisotopic (exact) mass is 326 g/mol. The fraction of sp³-hybridized carbons (Fsp3) is 0.545. The summed E-state index contributed by atoms with van der Waals surface area (Å²) < 4.78 is 1.31. The van der Waals surface area contributed by atoms with Crippen molar-refractivity contribution in [3.8, 4) is 0 Å². The molecule has 0 atom stereocenters. The minimum absolute atomic E-state index is 0.297. The summed E-state index contributed by atoms with van der Waals surface area (Å²) in [7, 11) is 0. The SMILES string of the molecule is O=c1[nH]nc2ccc(N3CCN(CCBr)CC3)nn12. The van der Waals surface area contributed by atoms with Crippen LogP contribution in [0.4, 0.5) is 5.82 Å². The highest BCUT2D eigenvalue weighted by atomic mass is 79.9. The fourth-order valence-electron chi connectivity index (χ4n) is 2.28. The molecule has 0 bridgehead atoms. The lowest BCUT2D eigenvalue weighted by atomic mass is 10.3. The van der Waals surface area contributed by atoms with Gasteiger partial charge in [0.25, 0.3) is 0 Å². The molecular formula is C11H15BrN6O. The number of nitrogens with zero attached hydrogens (tertiary/aromatic N) is 5. The van der Waals surface area contributed by atoms with Gasteiger partial charge in [0, 0.05) is 38.1 Å². The Morgan fingerprint density at radius 1 is 1.26 bits per heavy atom. The van der Waals surface area contributed by atoms with Crippen molar-refractivity contribution in [2.45, 2.75) is 0 Å². The first-order valence-electron chi connectivity index (χ1n) is 6.25. The zero-order valence-corrected chi connectivity index (χ0v) is 12.0. The molecule has 19 heavy (non-hydrogen) atoms. The zero-order chi connectivity index (χ0) is 13.2. The van der Waals surface area contributed by atoms with Crippen LogP contribution in [0.3, 0.4) is 0 Å². The molecule has 0 saturated carbocycles. The van der Waals surface area contributed by atoms with Crippen LogP contribution in [0.15, 0.2) is 16.9 Å². The van der Waals surface area contributed by atoms with Gasteiger partial charge in [0.2, 0.25) is 0 Å². The number of hydrogen-bond acceptors (Lipinski definition) is 5. The molecule has 0 spiro atoms. The molecular weight excluding hydrogens is 312 g/mol. The van der Waals surface area contributed by atoms with Crippen LogP contribution in [0, 0.1) is 0 Å². The van der Waals surface area contributed by atoms with Crippen LogP contribution >= 0.6 is 15.9 Å². The number of fused-ring (bicyclic) bond motifs is 1. The minimum Gasteiger partial charge on any atom is -0.353 e. The summed E-state index contributed by atoms with van der Waals surface area (Å²) in [4.78, 5) is 16.1. The van der Waals surface area contributed by atoms with Crippen LogP contribution in [-0.4, -0.2) is 62.8 Å². The fourth-order valence-corrected chi connectivity index (χ4v) is 2.78. The van der Waals surface area contributed by atoms with E-state index >= 15 is 0 Å². The zero-order valence-electron chi connectivity index (χ0n) is 10.4. The van der Waals surface area contributed by atoms with E-state index in [1.807, 2.05) is 12.1 Å². The number of halogens is 1. The first kappa shape index (κ1) is 12.6. The van der Waals surface area contributed by atoms with Gasteiger partial charge in [-0.2, -0.15) is 9.61 Å². The Morgan fingerprint density at radius 3 is 2.79 bits per heavy atom. The molecule has 3 heterocycles. The van der Waals surface area contributed by atoms with Gasteiger partial charge in [-0.25, -0.2) is 9.89 Å².